The SMILES string of the molecule is CNSc1cc(Cl)ccc1OC. The molecular formula is C8H10ClNOS. The molecule has 1 aromatic carbocycles. The molecule has 0 saturated carbocycles. The summed E-state index contributed by atoms with van der Waals surface area (Å²) in [7, 11) is 3.49. The third-order valence-corrected chi connectivity index (χ3v) is 2.32. The first-order valence-corrected chi connectivity index (χ1v) is 4.64. The molecule has 2 nitrogen and oxygen atoms in total. The van der Waals surface area contributed by atoms with Gasteiger partial charge in [-0.2, -0.15) is 0 Å². The molecule has 66 valence electrons. The fourth-order valence-electron chi connectivity index (χ4n) is 0.840. The predicted octanol–water partition coefficient (Wildman–Crippen LogP) is 2.58. The van der Waals surface area contributed by atoms with E-state index in [1.54, 1.807) is 13.2 Å². The van der Waals surface area contributed by atoms with Gasteiger partial charge in [0.1, 0.15) is 5.75 Å². The zero-order valence-electron chi connectivity index (χ0n) is 6.93. The van der Waals surface area contributed by atoms with E-state index in [9.17, 15) is 0 Å². The molecule has 1 rings (SSSR count). The highest BCUT2D eigenvalue weighted by atomic mass is 35.5. The molecule has 0 aromatic heterocycles. The summed E-state index contributed by atoms with van der Waals surface area (Å²) in [5.74, 6) is 0.832. The Morgan fingerprint density at radius 3 is 2.83 bits per heavy atom. The first kappa shape index (κ1) is 9.71. The number of ether oxygens (including phenoxy) is 1. The van der Waals surface area contributed by atoms with Crippen LogP contribution in [0.4, 0.5) is 0 Å². The number of rotatable bonds is 3. The molecule has 0 aliphatic rings. The topological polar surface area (TPSA) is 21.3 Å². The Morgan fingerprint density at radius 2 is 2.25 bits per heavy atom. The molecule has 0 atom stereocenters. The zero-order valence-corrected chi connectivity index (χ0v) is 8.50. The Balaban J connectivity index is 2.95. The maximum Gasteiger partial charge on any atom is 0.133 e. The predicted molar refractivity (Wildman–Crippen MR) is 52.9 cm³/mol. The summed E-state index contributed by atoms with van der Waals surface area (Å²) in [6.45, 7) is 0. The van der Waals surface area contributed by atoms with Gasteiger partial charge in [-0.25, -0.2) is 0 Å². The molecule has 0 fully saturated rings. The molecule has 0 heterocycles. The van der Waals surface area contributed by atoms with Crippen LogP contribution in [0.5, 0.6) is 5.75 Å². The minimum atomic E-state index is 0.716. The van der Waals surface area contributed by atoms with Gasteiger partial charge in [0.05, 0.1) is 12.0 Å². The van der Waals surface area contributed by atoms with Crippen molar-refractivity contribution in [1.29, 1.82) is 0 Å². The second kappa shape index (κ2) is 4.60. The average molecular weight is 204 g/mol. The molecule has 0 radical (unpaired) electrons. The van der Waals surface area contributed by atoms with Crippen molar-refractivity contribution in [1.82, 2.24) is 4.72 Å². The zero-order chi connectivity index (χ0) is 8.97. The highest BCUT2D eigenvalue weighted by Gasteiger charge is 2.02. The molecule has 12 heavy (non-hydrogen) atoms. The van der Waals surface area contributed by atoms with Crippen LogP contribution in [0.1, 0.15) is 0 Å². The monoisotopic (exact) mass is 203 g/mol. The summed E-state index contributed by atoms with van der Waals surface area (Å²) in [5.41, 5.74) is 0. The van der Waals surface area contributed by atoms with Gasteiger partial charge in [-0.15, -0.1) is 0 Å². The van der Waals surface area contributed by atoms with E-state index in [1.807, 2.05) is 19.2 Å². The molecule has 1 aromatic rings. The molecule has 1 N–H and O–H groups in total. The Kier molecular flexibility index (Phi) is 3.72. The van der Waals surface area contributed by atoms with Gasteiger partial charge < -0.3 is 4.74 Å². The Bertz CT molecular complexity index is 267. The molecular weight excluding hydrogens is 194 g/mol. The molecule has 0 aliphatic heterocycles. The number of hydrogen-bond donors (Lipinski definition) is 1. The smallest absolute Gasteiger partial charge is 0.133 e. The molecule has 0 aliphatic carbocycles. The van der Waals surface area contributed by atoms with E-state index in [0.717, 1.165) is 10.6 Å². The maximum absolute atomic E-state index is 5.81. The van der Waals surface area contributed by atoms with Gasteiger partial charge >= 0.3 is 0 Å². The van der Waals surface area contributed by atoms with Crippen LogP contribution in [-0.2, 0) is 0 Å². The summed E-state index contributed by atoms with van der Waals surface area (Å²) in [6, 6.07) is 5.52. The highest BCUT2D eigenvalue weighted by Crippen LogP contribution is 2.29. The summed E-state index contributed by atoms with van der Waals surface area (Å²) >= 11 is 7.29. The van der Waals surface area contributed by atoms with Gasteiger partial charge in [0.25, 0.3) is 0 Å². The van der Waals surface area contributed by atoms with E-state index in [1.165, 1.54) is 11.9 Å². The van der Waals surface area contributed by atoms with E-state index in [-0.39, 0.29) is 0 Å². The van der Waals surface area contributed by atoms with Gasteiger partial charge in [0.2, 0.25) is 0 Å². The van der Waals surface area contributed by atoms with Gasteiger partial charge in [-0.3, -0.25) is 4.72 Å². The Labute approximate surface area is 81.4 Å². The molecule has 0 spiro atoms. The molecule has 4 heteroatoms. The lowest BCUT2D eigenvalue weighted by atomic mass is 10.3. The van der Waals surface area contributed by atoms with Crippen molar-refractivity contribution < 1.29 is 4.74 Å². The number of hydrogen-bond acceptors (Lipinski definition) is 3. The normalized spacial score (nSPS) is 9.92. The lowest BCUT2D eigenvalue weighted by molar-refractivity contribution is 0.405. The molecule has 0 amide bonds. The van der Waals surface area contributed by atoms with E-state index in [0.29, 0.717) is 5.02 Å². The van der Waals surface area contributed by atoms with Crippen molar-refractivity contribution in [2.45, 2.75) is 4.90 Å². The summed E-state index contributed by atoms with van der Waals surface area (Å²) in [6.07, 6.45) is 0. The highest BCUT2D eigenvalue weighted by molar-refractivity contribution is 7.97. The van der Waals surface area contributed by atoms with Crippen LogP contribution in [0.15, 0.2) is 23.1 Å². The van der Waals surface area contributed by atoms with Crippen molar-refractivity contribution in [3.63, 3.8) is 0 Å². The lowest BCUT2D eigenvalue weighted by Crippen LogP contribution is -1.93. The van der Waals surface area contributed by atoms with Crippen LogP contribution in [0.2, 0.25) is 5.02 Å². The van der Waals surface area contributed by atoms with Crippen molar-refractivity contribution in [2.75, 3.05) is 14.2 Å². The standard InChI is InChI=1S/C8H10ClNOS/c1-10-12-8-5-6(9)3-4-7(8)11-2/h3-5,10H,1-2H3. The maximum atomic E-state index is 5.81. The first-order valence-electron chi connectivity index (χ1n) is 3.45. The van der Waals surface area contributed by atoms with Crippen molar-refractivity contribution in [3.05, 3.63) is 23.2 Å². The fourth-order valence-corrected chi connectivity index (χ4v) is 1.73. The number of halogens is 1. The van der Waals surface area contributed by atoms with Crippen molar-refractivity contribution in [3.8, 4) is 5.75 Å². The summed E-state index contributed by atoms with van der Waals surface area (Å²) in [5, 5.41) is 0.716. The van der Waals surface area contributed by atoms with Crippen LogP contribution in [-0.4, -0.2) is 14.2 Å². The fraction of sp³-hybridized carbons (Fsp3) is 0.250. The average Bonchev–Trinajstić information content (AvgIpc) is 2.05. The Hall–Kier alpha value is -0.380. The van der Waals surface area contributed by atoms with Crippen LogP contribution < -0.4 is 9.46 Å². The first-order chi connectivity index (χ1) is 5.77. The van der Waals surface area contributed by atoms with Gasteiger partial charge in [0, 0.05) is 5.02 Å². The molecule has 0 saturated heterocycles. The third kappa shape index (κ3) is 2.30. The van der Waals surface area contributed by atoms with Gasteiger partial charge in [0.15, 0.2) is 0 Å². The van der Waals surface area contributed by atoms with E-state index in [2.05, 4.69) is 4.72 Å². The summed E-state index contributed by atoms with van der Waals surface area (Å²) < 4.78 is 8.10. The second-order valence-electron chi connectivity index (χ2n) is 2.10. The van der Waals surface area contributed by atoms with E-state index in [4.69, 9.17) is 16.3 Å². The quantitative estimate of drug-likeness (QED) is 0.764. The summed E-state index contributed by atoms with van der Waals surface area (Å²) in [4.78, 5) is 0.993. The van der Waals surface area contributed by atoms with Crippen LogP contribution in [0, 0.1) is 0 Å². The second-order valence-corrected chi connectivity index (χ2v) is 3.59. The van der Waals surface area contributed by atoms with Crippen LogP contribution in [0.3, 0.4) is 0 Å². The number of methoxy groups -OCH3 is 1. The van der Waals surface area contributed by atoms with E-state index < -0.39 is 0 Å². The van der Waals surface area contributed by atoms with Crippen LogP contribution >= 0.6 is 23.5 Å². The minimum Gasteiger partial charge on any atom is -0.496 e. The van der Waals surface area contributed by atoms with Gasteiger partial charge in [-0.1, -0.05) is 11.6 Å². The van der Waals surface area contributed by atoms with Crippen molar-refractivity contribution >= 4 is 23.5 Å². The van der Waals surface area contributed by atoms with Crippen molar-refractivity contribution in [2.24, 2.45) is 0 Å². The number of benzene rings is 1. The molecule has 0 bridgehead atoms. The Morgan fingerprint density at radius 1 is 1.50 bits per heavy atom. The lowest BCUT2D eigenvalue weighted by Gasteiger charge is -2.06. The van der Waals surface area contributed by atoms with Gasteiger partial charge in [-0.05, 0) is 37.2 Å². The minimum absolute atomic E-state index is 0.716. The van der Waals surface area contributed by atoms with Crippen LogP contribution in [0.25, 0.3) is 0 Å². The number of nitrogens with one attached hydrogen (secondary N) is 1. The van der Waals surface area contributed by atoms with E-state index >= 15 is 0 Å². The largest absolute Gasteiger partial charge is 0.496 e. The molecule has 0 unspecified atom stereocenters. The third-order valence-electron chi connectivity index (χ3n) is 1.34.